The summed E-state index contributed by atoms with van der Waals surface area (Å²) in [5.74, 6) is -0.00455. The van der Waals surface area contributed by atoms with Gasteiger partial charge in [-0.05, 0) is 37.1 Å². The summed E-state index contributed by atoms with van der Waals surface area (Å²) in [5.41, 5.74) is 1.72. The minimum Gasteiger partial charge on any atom is -0.379 e. The van der Waals surface area contributed by atoms with E-state index in [9.17, 15) is 4.79 Å². The number of halogens is 2. The lowest BCUT2D eigenvalue weighted by atomic mass is 9.91. The zero-order chi connectivity index (χ0) is 17.5. The number of piperidine rings is 1. The molecule has 2 saturated heterocycles. The van der Waals surface area contributed by atoms with Crippen LogP contribution in [-0.4, -0.2) is 62.9 Å². The number of hydrogen-bond donors (Lipinski definition) is 2. The molecule has 0 aromatic heterocycles. The largest absolute Gasteiger partial charge is 0.379 e. The van der Waals surface area contributed by atoms with Crippen molar-refractivity contribution >= 4 is 30.7 Å². The number of ether oxygens (including phenoxy) is 2. The van der Waals surface area contributed by atoms with Crippen LogP contribution in [0.2, 0.25) is 0 Å². The minimum atomic E-state index is -0.684. The molecule has 2 fully saturated rings. The molecule has 2 aliphatic heterocycles. The van der Waals surface area contributed by atoms with Gasteiger partial charge >= 0.3 is 0 Å². The SMILES string of the molecule is COC1(C(=O)NCc2cccc(CN3CCOCC3)c2)CCNCC1.Cl.Cl. The highest BCUT2D eigenvalue weighted by atomic mass is 35.5. The Morgan fingerprint density at radius 1 is 1.22 bits per heavy atom. The third-order valence-corrected chi connectivity index (χ3v) is 5.17. The summed E-state index contributed by atoms with van der Waals surface area (Å²) in [7, 11) is 1.63. The lowest BCUT2D eigenvalue weighted by Gasteiger charge is -2.34. The van der Waals surface area contributed by atoms with E-state index in [1.807, 2.05) is 0 Å². The van der Waals surface area contributed by atoms with E-state index in [1.54, 1.807) is 7.11 Å². The average molecular weight is 420 g/mol. The Morgan fingerprint density at radius 3 is 2.56 bits per heavy atom. The third kappa shape index (κ3) is 6.59. The number of carbonyl (C=O) groups is 1. The van der Waals surface area contributed by atoms with Gasteiger partial charge in [0.15, 0.2) is 0 Å². The van der Waals surface area contributed by atoms with Crippen molar-refractivity contribution in [3.8, 4) is 0 Å². The lowest BCUT2D eigenvalue weighted by molar-refractivity contribution is -0.146. The standard InChI is InChI=1S/C19H29N3O3.2ClH/c1-24-19(5-7-20-8-6-19)18(23)21-14-16-3-2-4-17(13-16)15-22-9-11-25-12-10-22;;/h2-4,13,20H,5-12,14-15H2,1H3,(H,21,23);2*1H. The van der Waals surface area contributed by atoms with Crippen LogP contribution >= 0.6 is 24.8 Å². The molecule has 154 valence electrons. The van der Waals surface area contributed by atoms with Gasteiger partial charge in [-0.3, -0.25) is 9.69 Å². The van der Waals surface area contributed by atoms with Gasteiger partial charge in [0.2, 0.25) is 0 Å². The predicted molar refractivity (Wildman–Crippen MR) is 111 cm³/mol. The van der Waals surface area contributed by atoms with Crippen LogP contribution in [0.4, 0.5) is 0 Å². The minimum absolute atomic E-state index is 0. The van der Waals surface area contributed by atoms with Crippen molar-refractivity contribution in [2.75, 3.05) is 46.5 Å². The van der Waals surface area contributed by atoms with Crippen molar-refractivity contribution in [2.24, 2.45) is 0 Å². The molecule has 2 aliphatic rings. The predicted octanol–water partition coefficient (Wildman–Crippen LogP) is 1.75. The van der Waals surface area contributed by atoms with Crippen LogP contribution in [0.25, 0.3) is 0 Å². The normalized spacial score (nSPS) is 19.4. The Labute approximate surface area is 174 Å². The third-order valence-electron chi connectivity index (χ3n) is 5.17. The molecule has 0 saturated carbocycles. The van der Waals surface area contributed by atoms with Gasteiger partial charge in [0.05, 0.1) is 13.2 Å². The molecule has 2 N–H and O–H groups in total. The highest BCUT2D eigenvalue weighted by molar-refractivity contribution is 5.86. The van der Waals surface area contributed by atoms with Gasteiger partial charge in [0.1, 0.15) is 5.60 Å². The van der Waals surface area contributed by atoms with Crippen LogP contribution in [-0.2, 0) is 27.4 Å². The maximum absolute atomic E-state index is 12.6. The zero-order valence-corrected chi connectivity index (χ0v) is 17.5. The second kappa shape index (κ2) is 11.8. The Kier molecular flexibility index (Phi) is 10.6. The van der Waals surface area contributed by atoms with E-state index in [4.69, 9.17) is 9.47 Å². The maximum atomic E-state index is 12.6. The number of nitrogens with zero attached hydrogens (tertiary/aromatic N) is 1. The summed E-state index contributed by atoms with van der Waals surface area (Å²) < 4.78 is 11.0. The quantitative estimate of drug-likeness (QED) is 0.735. The summed E-state index contributed by atoms with van der Waals surface area (Å²) in [6.07, 6.45) is 1.43. The van der Waals surface area contributed by atoms with Crippen LogP contribution < -0.4 is 10.6 Å². The van der Waals surface area contributed by atoms with Gasteiger partial charge in [0.25, 0.3) is 5.91 Å². The summed E-state index contributed by atoms with van der Waals surface area (Å²) in [5, 5.41) is 6.34. The van der Waals surface area contributed by atoms with Crippen LogP contribution in [0, 0.1) is 0 Å². The topological polar surface area (TPSA) is 62.8 Å². The van der Waals surface area contributed by atoms with Crippen molar-refractivity contribution in [2.45, 2.75) is 31.5 Å². The van der Waals surface area contributed by atoms with Crippen molar-refractivity contribution < 1.29 is 14.3 Å². The van der Waals surface area contributed by atoms with E-state index < -0.39 is 5.60 Å². The van der Waals surface area contributed by atoms with Gasteiger partial charge in [-0.2, -0.15) is 0 Å². The van der Waals surface area contributed by atoms with Crippen molar-refractivity contribution in [3.63, 3.8) is 0 Å². The average Bonchev–Trinajstić information content (AvgIpc) is 2.68. The van der Waals surface area contributed by atoms with Crippen LogP contribution in [0.3, 0.4) is 0 Å². The van der Waals surface area contributed by atoms with E-state index in [0.29, 0.717) is 19.4 Å². The highest BCUT2D eigenvalue weighted by Gasteiger charge is 2.39. The molecule has 1 aromatic rings. The number of methoxy groups -OCH3 is 1. The number of morpholine rings is 1. The highest BCUT2D eigenvalue weighted by Crippen LogP contribution is 2.22. The smallest absolute Gasteiger partial charge is 0.252 e. The summed E-state index contributed by atoms with van der Waals surface area (Å²) in [6.45, 7) is 6.67. The molecule has 2 heterocycles. The van der Waals surface area contributed by atoms with Crippen molar-refractivity contribution in [1.82, 2.24) is 15.5 Å². The van der Waals surface area contributed by atoms with Gasteiger partial charge < -0.3 is 20.1 Å². The second-order valence-electron chi connectivity index (χ2n) is 6.84. The molecule has 8 heteroatoms. The maximum Gasteiger partial charge on any atom is 0.252 e. The Balaban J connectivity index is 0.00000182. The van der Waals surface area contributed by atoms with E-state index in [0.717, 1.165) is 51.5 Å². The number of nitrogens with one attached hydrogen (secondary N) is 2. The lowest BCUT2D eigenvalue weighted by Crippen LogP contribution is -2.53. The molecule has 6 nitrogen and oxygen atoms in total. The van der Waals surface area contributed by atoms with Gasteiger partial charge in [0, 0.05) is 33.3 Å². The van der Waals surface area contributed by atoms with Gasteiger partial charge in [-0.1, -0.05) is 24.3 Å². The molecular weight excluding hydrogens is 389 g/mol. The first kappa shape index (κ1) is 24.1. The van der Waals surface area contributed by atoms with Gasteiger partial charge in [-0.25, -0.2) is 0 Å². The van der Waals surface area contributed by atoms with Crippen LogP contribution in [0.1, 0.15) is 24.0 Å². The Bertz CT molecular complexity index is 577. The summed E-state index contributed by atoms with van der Waals surface area (Å²) in [6, 6.07) is 8.45. The number of hydrogen-bond acceptors (Lipinski definition) is 5. The molecule has 3 rings (SSSR count). The molecule has 1 amide bonds. The molecule has 0 atom stereocenters. The molecule has 0 radical (unpaired) electrons. The fraction of sp³-hybridized carbons (Fsp3) is 0.632. The Hall–Kier alpha value is -0.890. The van der Waals surface area contributed by atoms with E-state index in [2.05, 4.69) is 39.8 Å². The molecule has 1 aromatic carbocycles. The van der Waals surface area contributed by atoms with Crippen molar-refractivity contribution in [3.05, 3.63) is 35.4 Å². The summed E-state index contributed by atoms with van der Waals surface area (Å²) >= 11 is 0. The molecule has 0 bridgehead atoms. The fourth-order valence-corrected chi connectivity index (χ4v) is 3.55. The summed E-state index contributed by atoms with van der Waals surface area (Å²) in [4.78, 5) is 15.0. The van der Waals surface area contributed by atoms with E-state index in [1.165, 1.54) is 5.56 Å². The zero-order valence-electron chi connectivity index (χ0n) is 15.9. The first-order valence-electron chi connectivity index (χ1n) is 9.14. The molecule has 0 unspecified atom stereocenters. The molecule has 27 heavy (non-hydrogen) atoms. The van der Waals surface area contributed by atoms with E-state index >= 15 is 0 Å². The van der Waals surface area contributed by atoms with Crippen LogP contribution in [0.5, 0.6) is 0 Å². The van der Waals surface area contributed by atoms with Gasteiger partial charge in [-0.15, -0.1) is 24.8 Å². The molecule has 0 aliphatic carbocycles. The molecule has 0 spiro atoms. The van der Waals surface area contributed by atoms with Crippen LogP contribution in [0.15, 0.2) is 24.3 Å². The van der Waals surface area contributed by atoms with Crippen molar-refractivity contribution in [1.29, 1.82) is 0 Å². The van der Waals surface area contributed by atoms with E-state index in [-0.39, 0.29) is 30.7 Å². The number of benzene rings is 1. The fourth-order valence-electron chi connectivity index (χ4n) is 3.55. The molecular formula is C19H31Cl2N3O3. The number of rotatable bonds is 6. The second-order valence-corrected chi connectivity index (χ2v) is 6.84. The number of carbonyl (C=O) groups excluding carboxylic acids is 1. The monoisotopic (exact) mass is 419 g/mol. The Morgan fingerprint density at radius 2 is 1.89 bits per heavy atom. The number of amides is 1. The first-order chi connectivity index (χ1) is 12.2. The first-order valence-corrected chi connectivity index (χ1v) is 9.14.